The number of nitrogens with zero attached hydrogens (tertiary/aromatic N) is 2. The number of aromatic nitrogens is 2. The molecular formula is C11H21N3. The minimum absolute atomic E-state index is 0.523. The van der Waals surface area contributed by atoms with Crippen molar-refractivity contribution >= 4 is 0 Å². The van der Waals surface area contributed by atoms with E-state index in [-0.39, 0.29) is 0 Å². The Bertz CT molecular complexity index is 267. The van der Waals surface area contributed by atoms with Crippen molar-refractivity contribution in [2.45, 2.75) is 26.7 Å². The first-order valence-corrected chi connectivity index (χ1v) is 5.35. The van der Waals surface area contributed by atoms with Gasteiger partial charge in [-0.2, -0.15) is 5.10 Å². The van der Waals surface area contributed by atoms with Crippen LogP contribution in [-0.2, 0) is 7.05 Å². The summed E-state index contributed by atoms with van der Waals surface area (Å²) in [5.74, 6) is 1.15. The normalized spacial score (nSPS) is 15.4. The van der Waals surface area contributed by atoms with Crippen LogP contribution in [0.2, 0.25) is 0 Å². The average Bonchev–Trinajstić information content (AvgIpc) is 2.60. The molecule has 0 amide bonds. The van der Waals surface area contributed by atoms with Crippen LogP contribution in [-0.4, -0.2) is 22.9 Å². The lowest BCUT2D eigenvalue weighted by atomic mass is 9.93. The lowest BCUT2D eigenvalue weighted by molar-refractivity contribution is 0.444. The van der Waals surface area contributed by atoms with E-state index in [9.17, 15) is 0 Å². The van der Waals surface area contributed by atoms with E-state index in [0.29, 0.717) is 11.8 Å². The molecule has 80 valence electrons. The highest BCUT2D eigenvalue weighted by atomic mass is 15.2. The molecule has 0 fully saturated rings. The maximum atomic E-state index is 4.43. The lowest BCUT2D eigenvalue weighted by Gasteiger charge is -2.18. The highest BCUT2D eigenvalue weighted by Gasteiger charge is 2.15. The Kier molecular flexibility index (Phi) is 4.14. The van der Waals surface area contributed by atoms with Crippen LogP contribution < -0.4 is 5.32 Å². The van der Waals surface area contributed by atoms with Gasteiger partial charge in [-0.3, -0.25) is 4.68 Å². The monoisotopic (exact) mass is 195 g/mol. The molecular weight excluding hydrogens is 174 g/mol. The summed E-state index contributed by atoms with van der Waals surface area (Å²) in [6, 6.07) is 2.10. The van der Waals surface area contributed by atoms with Gasteiger partial charge in [-0.1, -0.05) is 20.8 Å². The summed E-state index contributed by atoms with van der Waals surface area (Å²) >= 11 is 0. The summed E-state index contributed by atoms with van der Waals surface area (Å²) in [7, 11) is 1.96. The molecule has 0 aliphatic carbocycles. The molecule has 3 nitrogen and oxygen atoms in total. The molecule has 1 rings (SSSR count). The van der Waals surface area contributed by atoms with E-state index in [1.165, 1.54) is 5.69 Å². The fourth-order valence-electron chi connectivity index (χ4n) is 1.52. The lowest BCUT2D eigenvalue weighted by Crippen LogP contribution is -2.24. The first-order valence-electron chi connectivity index (χ1n) is 5.35. The van der Waals surface area contributed by atoms with Crippen molar-refractivity contribution < 1.29 is 0 Å². The molecule has 0 aliphatic heterocycles. The van der Waals surface area contributed by atoms with Crippen LogP contribution in [0.5, 0.6) is 0 Å². The van der Waals surface area contributed by atoms with Crippen LogP contribution in [0.1, 0.15) is 32.4 Å². The van der Waals surface area contributed by atoms with Crippen LogP contribution in [0.4, 0.5) is 0 Å². The van der Waals surface area contributed by atoms with Crippen LogP contribution in [0.15, 0.2) is 12.3 Å². The van der Waals surface area contributed by atoms with Crippen LogP contribution >= 0.6 is 0 Å². The molecule has 3 heteroatoms. The minimum Gasteiger partial charge on any atom is -0.317 e. The van der Waals surface area contributed by atoms with E-state index in [2.05, 4.69) is 37.3 Å². The summed E-state index contributed by atoms with van der Waals surface area (Å²) in [5, 5.41) is 7.80. The van der Waals surface area contributed by atoms with Gasteiger partial charge in [0.1, 0.15) is 0 Å². The summed E-state index contributed by atoms with van der Waals surface area (Å²) in [5.41, 5.74) is 1.19. The number of aryl methyl sites for hydroxylation is 1. The fraction of sp³-hybridized carbons (Fsp3) is 0.727. The maximum absolute atomic E-state index is 4.43. The van der Waals surface area contributed by atoms with E-state index < -0.39 is 0 Å². The number of hydrogen-bond donors (Lipinski definition) is 1. The number of rotatable bonds is 5. The molecule has 1 aromatic rings. The third kappa shape index (κ3) is 2.84. The van der Waals surface area contributed by atoms with Gasteiger partial charge in [0.15, 0.2) is 0 Å². The second-order valence-electron chi connectivity index (χ2n) is 3.99. The highest BCUT2D eigenvalue weighted by Crippen LogP contribution is 2.21. The smallest absolute Gasteiger partial charge is 0.0655 e. The minimum atomic E-state index is 0.523. The summed E-state index contributed by atoms with van der Waals surface area (Å²) in [6.07, 6.45) is 2.01. The second kappa shape index (κ2) is 5.15. The van der Waals surface area contributed by atoms with Gasteiger partial charge < -0.3 is 5.32 Å². The molecule has 1 heterocycles. The largest absolute Gasteiger partial charge is 0.317 e. The van der Waals surface area contributed by atoms with Crippen molar-refractivity contribution in [2.75, 3.05) is 13.1 Å². The Morgan fingerprint density at radius 1 is 1.50 bits per heavy atom. The topological polar surface area (TPSA) is 29.9 Å². The average molecular weight is 195 g/mol. The van der Waals surface area contributed by atoms with E-state index in [1.807, 2.05) is 17.9 Å². The van der Waals surface area contributed by atoms with Gasteiger partial charge in [0.2, 0.25) is 0 Å². The molecule has 14 heavy (non-hydrogen) atoms. The predicted molar refractivity (Wildman–Crippen MR) is 59.3 cm³/mol. The van der Waals surface area contributed by atoms with Crippen molar-refractivity contribution in [1.29, 1.82) is 0 Å². The summed E-state index contributed by atoms with van der Waals surface area (Å²) < 4.78 is 1.87. The second-order valence-corrected chi connectivity index (χ2v) is 3.99. The Morgan fingerprint density at radius 3 is 2.71 bits per heavy atom. The molecule has 1 aromatic heterocycles. The van der Waals surface area contributed by atoms with Gasteiger partial charge in [0.05, 0.1) is 5.69 Å². The van der Waals surface area contributed by atoms with E-state index in [0.717, 1.165) is 13.1 Å². The SMILES string of the molecule is CCNCC(C)C(C)c1ccn(C)n1. The Morgan fingerprint density at radius 2 is 2.21 bits per heavy atom. The highest BCUT2D eigenvalue weighted by molar-refractivity contribution is 5.06. The Hall–Kier alpha value is -0.830. The van der Waals surface area contributed by atoms with Gasteiger partial charge in [-0.25, -0.2) is 0 Å². The maximum Gasteiger partial charge on any atom is 0.0655 e. The van der Waals surface area contributed by atoms with Gasteiger partial charge in [-0.05, 0) is 25.1 Å². The van der Waals surface area contributed by atoms with Crippen LogP contribution in [0.3, 0.4) is 0 Å². The molecule has 0 aliphatic rings. The third-order valence-electron chi connectivity index (χ3n) is 2.77. The van der Waals surface area contributed by atoms with Crippen LogP contribution in [0.25, 0.3) is 0 Å². The molecule has 2 atom stereocenters. The molecule has 1 N–H and O–H groups in total. The van der Waals surface area contributed by atoms with E-state index in [4.69, 9.17) is 0 Å². The van der Waals surface area contributed by atoms with Crippen molar-refractivity contribution in [2.24, 2.45) is 13.0 Å². The Labute approximate surface area is 86.5 Å². The predicted octanol–water partition coefficient (Wildman–Crippen LogP) is 1.77. The zero-order valence-corrected chi connectivity index (χ0v) is 9.62. The molecule has 0 saturated carbocycles. The van der Waals surface area contributed by atoms with Gasteiger partial charge in [-0.15, -0.1) is 0 Å². The third-order valence-corrected chi connectivity index (χ3v) is 2.77. The van der Waals surface area contributed by atoms with E-state index in [1.54, 1.807) is 0 Å². The zero-order valence-electron chi connectivity index (χ0n) is 9.62. The van der Waals surface area contributed by atoms with Gasteiger partial charge in [0, 0.05) is 19.2 Å². The van der Waals surface area contributed by atoms with Crippen molar-refractivity contribution in [1.82, 2.24) is 15.1 Å². The molecule has 0 radical (unpaired) electrons. The van der Waals surface area contributed by atoms with Crippen molar-refractivity contribution in [3.05, 3.63) is 18.0 Å². The molecule has 0 aromatic carbocycles. The van der Waals surface area contributed by atoms with Gasteiger partial charge in [0.25, 0.3) is 0 Å². The number of nitrogens with one attached hydrogen (secondary N) is 1. The fourth-order valence-corrected chi connectivity index (χ4v) is 1.52. The van der Waals surface area contributed by atoms with Crippen LogP contribution in [0, 0.1) is 5.92 Å². The zero-order chi connectivity index (χ0) is 10.6. The first kappa shape index (κ1) is 11.2. The molecule has 0 bridgehead atoms. The summed E-state index contributed by atoms with van der Waals surface area (Å²) in [6.45, 7) is 8.75. The molecule has 0 saturated heterocycles. The number of hydrogen-bond acceptors (Lipinski definition) is 2. The quantitative estimate of drug-likeness (QED) is 0.776. The molecule has 2 unspecified atom stereocenters. The molecule has 0 spiro atoms. The Balaban J connectivity index is 2.51. The summed E-state index contributed by atoms with van der Waals surface area (Å²) in [4.78, 5) is 0. The van der Waals surface area contributed by atoms with Gasteiger partial charge >= 0.3 is 0 Å². The van der Waals surface area contributed by atoms with E-state index >= 15 is 0 Å². The first-order chi connectivity index (χ1) is 6.65. The van der Waals surface area contributed by atoms with Crippen molar-refractivity contribution in [3.8, 4) is 0 Å². The standard InChI is InChI=1S/C11H21N3/c1-5-12-8-9(2)10(3)11-6-7-14(4)13-11/h6-7,9-10,12H,5,8H2,1-4H3. The van der Waals surface area contributed by atoms with Crippen molar-refractivity contribution in [3.63, 3.8) is 0 Å².